The van der Waals surface area contributed by atoms with Gasteiger partial charge in [-0.1, -0.05) is 13.0 Å². The van der Waals surface area contributed by atoms with E-state index in [2.05, 4.69) is 31.2 Å². The summed E-state index contributed by atoms with van der Waals surface area (Å²) in [7, 11) is 0. The van der Waals surface area contributed by atoms with Crippen LogP contribution in [-0.4, -0.2) is 45.4 Å². The molecule has 0 bridgehead atoms. The molecule has 1 N–H and O–H groups in total. The van der Waals surface area contributed by atoms with Crippen molar-refractivity contribution in [3.05, 3.63) is 53.9 Å². The van der Waals surface area contributed by atoms with Gasteiger partial charge in [-0.05, 0) is 37.6 Å². The van der Waals surface area contributed by atoms with Gasteiger partial charge in [-0.2, -0.15) is 0 Å². The molecule has 1 aliphatic heterocycles. The van der Waals surface area contributed by atoms with Crippen LogP contribution in [0.5, 0.6) is 0 Å². The van der Waals surface area contributed by atoms with Crippen molar-refractivity contribution >= 4 is 5.91 Å². The number of aryl methyl sites for hydroxylation is 1. The van der Waals surface area contributed by atoms with Crippen molar-refractivity contribution in [3.8, 4) is 0 Å². The van der Waals surface area contributed by atoms with Crippen LogP contribution in [-0.2, 0) is 6.42 Å². The van der Waals surface area contributed by atoms with Gasteiger partial charge in [0.25, 0.3) is 5.91 Å². The molecule has 1 aliphatic rings. The summed E-state index contributed by atoms with van der Waals surface area (Å²) in [5.74, 6) is 0.614. The number of hydrogen-bond donors (Lipinski definition) is 1. The zero-order valence-electron chi connectivity index (χ0n) is 14.0. The van der Waals surface area contributed by atoms with Gasteiger partial charge in [-0.3, -0.25) is 14.7 Å². The zero-order chi connectivity index (χ0) is 16.8. The third-order valence-corrected chi connectivity index (χ3v) is 4.39. The van der Waals surface area contributed by atoms with Gasteiger partial charge in [0.1, 0.15) is 5.82 Å². The maximum Gasteiger partial charge on any atom is 0.254 e. The summed E-state index contributed by atoms with van der Waals surface area (Å²) >= 11 is 0. The first kappa shape index (κ1) is 16.5. The van der Waals surface area contributed by atoms with E-state index in [4.69, 9.17) is 0 Å². The lowest BCUT2D eigenvalue weighted by molar-refractivity contribution is 0.0937. The first-order valence-electron chi connectivity index (χ1n) is 8.51. The minimum absolute atomic E-state index is 0.134. The van der Waals surface area contributed by atoms with Crippen molar-refractivity contribution in [2.75, 3.05) is 19.6 Å². The first-order chi connectivity index (χ1) is 11.8. The first-order valence-corrected chi connectivity index (χ1v) is 8.51. The maximum atomic E-state index is 12.4. The third kappa shape index (κ3) is 3.94. The SMILES string of the molecule is CCc1ncc(C(=O)NCC(c2cccnc2)N2CCCC2)cn1. The number of amides is 1. The van der Waals surface area contributed by atoms with E-state index in [1.54, 1.807) is 18.6 Å². The summed E-state index contributed by atoms with van der Waals surface area (Å²) in [6, 6.07) is 4.17. The van der Waals surface area contributed by atoms with Crippen LogP contribution < -0.4 is 5.32 Å². The van der Waals surface area contributed by atoms with E-state index in [9.17, 15) is 4.79 Å². The summed E-state index contributed by atoms with van der Waals surface area (Å²) in [4.78, 5) is 27.4. The summed E-state index contributed by atoms with van der Waals surface area (Å²) < 4.78 is 0. The minimum atomic E-state index is -0.134. The highest BCUT2D eigenvalue weighted by Crippen LogP contribution is 2.23. The predicted octanol–water partition coefficient (Wildman–Crippen LogP) is 2.00. The number of likely N-dealkylation sites (tertiary alicyclic amines) is 1. The van der Waals surface area contributed by atoms with Gasteiger partial charge < -0.3 is 5.32 Å². The Labute approximate surface area is 142 Å². The second-order valence-corrected chi connectivity index (χ2v) is 6.00. The largest absolute Gasteiger partial charge is 0.350 e. The molecule has 3 rings (SSSR count). The Morgan fingerprint density at radius 1 is 1.25 bits per heavy atom. The summed E-state index contributed by atoms with van der Waals surface area (Å²) in [6.45, 7) is 4.66. The Bertz CT molecular complexity index is 653. The molecule has 1 atom stereocenters. The molecule has 0 radical (unpaired) electrons. The summed E-state index contributed by atoms with van der Waals surface area (Å²) in [5, 5.41) is 3.02. The highest BCUT2D eigenvalue weighted by atomic mass is 16.1. The van der Waals surface area contributed by atoms with Gasteiger partial charge in [0.2, 0.25) is 0 Å². The standard InChI is InChI=1S/C18H23N5O/c1-2-17-20-11-15(12-21-17)18(24)22-13-16(23-8-3-4-9-23)14-6-5-7-19-10-14/h5-7,10-12,16H,2-4,8-9,13H2,1H3,(H,22,24). The molecule has 2 aromatic rings. The highest BCUT2D eigenvalue weighted by molar-refractivity contribution is 5.93. The van der Waals surface area contributed by atoms with Gasteiger partial charge in [-0.25, -0.2) is 9.97 Å². The van der Waals surface area contributed by atoms with Crippen LogP contribution >= 0.6 is 0 Å². The van der Waals surface area contributed by atoms with Gasteiger partial charge >= 0.3 is 0 Å². The van der Waals surface area contributed by atoms with E-state index in [-0.39, 0.29) is 11.9 Å². The lowest BCUT2D eigenvalue weighted by atomic mass is 10.1. The average molecular weight is 325 g/mol. The van der Waals surface area contributed by atoms with Crippen molar-refractivity contribution in [3.63, 3.8) is 0 Å². The molecule has 1 fully saturated rings. The highest BCUT2D eigenvalue weighted by Gasteiger charge is 2.24. The number of nitrogens with one attached hydrogen (secondary N) is 1. The van der Waals surface area contributed by atoms with Crippen molar-refractivity contribution in [1.82, 2.24) is 25.2 Å². The molecule has 1 amide bonds. The van der Waals surface area contributed by atoms with Gasteiger partial charge in [-0.15, -0.1) is 0 Å². The molecule has 1 saturated heterocycles. The molecule has 3 heterocycles. The number of nitrogens with zero attached hydrogens (tertiary/aromatic N) is 4. The van der Waals surface area contributed by atoms with E-state index < -0.39 is 0 Å². The van der Waals surface area contributed by atoms with E-state index in [1.165, 1.54) is 12.8 Å². The molecule has 0 saturated carbocycles. The van der Waals surface area contributed by atoms with Crippen molar-refractivity contribution in [1.29, 1.82) is 0 Å². The fourth-order valence-electron chi connectivity index (χ4n) is 3.03. The van der Waals surface area contributed by atoms with Crippen molar-refractivity contribution in [2.24, 2.45) is 0 Å². The topological polar surface area (TPSA) is 71.0 Å². The lowest BCUT2D eigenvalue weighted by Crippen LogP contribution is -2.37. The Morgan fingerprint density at radius 3 is 2.62 bits per heavy atom. The number of rotatable bonds is 6. The van der Waals surface area contributed by atoms with Crippen molar-refractivity contribution < 1.29 is 4.79 Å². The third-order valence-electron chi connectivity index (χ3n) is 4.39. The molecular weight excluding hydrogens is 302 g/mol. The molecule has 6 nitrogen and oxygen atoms in total. The second kappa shape index (κ2) is 7.97. The monoisotopic (exact) mass is 325 g/mol. The molecule has 24 heavy (non-hydrogen) atoms. The maximum absolute atomic E-state index is 12.4. The second-order valence-electron chi connectivity index (χ2n) is 6.00. The normalized spacial score (nSPS) is 16.0. The van der Waals surface area contributed by atoms with Crippen LogP contribution in [0.25, 0.3) is 0 Å². The Balaban J connectivity index is 1.67. The van der Waals surface area contributed by atoms with Crippen LogP contribution in [0.3, 0.4) is 0 Å². The van der Waals surface area contributed by atoms with Gasteiger partial charge in [0.15, 0.2) is 0 Å². The molecule has 126 valence electrons. The van der Waals surface area contributed by atoms with Crippen LogP contribution in [0.2, 0.25) is 0 Å². The van der Waals surface area contributed by atoms with E-state index in [0.717, 1.165) is 30.9 Å². The van der Waals surface area contributed by atoms with Crippen LogP contribution in [0.1, 0.15) is 47.6 Å². The summed E-state index contributed by atoms with van der Waals surface area (Å²) in [6.07, 6.45) is 10.0. The fourth-order valence-corrected chi connectivity index (χ4v) is 3.03. The number of pyridine rings is 1. The molecule has 0 aliphatic carbocycles. The molecule has 0 aromatic carbocycles. The Kier molecular flexibility index (Phi) is 5.48. The summed E-state index contributed by atoms with van der Waals surface area (Å²) in [5.41, 5.74) is 1.64. The zero-order valence-corrected chi connectivity index (χ0v) is 14.0. The lowest BCUT2D eigenvalue weighted by Gasteiger charge is -2.27. The number of aromatic nitrogens is 3. The molecule has 0 spiro atoms. The Hall–Kier alpha value is -2.34. The van der Waals surface area contributed by atoms with Crippen LogP contribution in [0.15, 0.2) is 36.9 Å². The number of carbonyl (C=O) groups is 1. The van der Waals surface area contributed by atoms with Crippen molar-refractivity contribution in [2.45, 2.75) is 32.2 Å². The van der Waals surface area contributed by atoms with Gasteiger partial charge in [0, 0.05) is 37.8 Å². The smallest absolute Gasteiger partial charge is 0.254 e. The average Bonchev–Trinajstić information content (AvgIpc) is 3.17. The minimum Gasteiger partial charge on any atom is -0.350 e. The quantitative estimate of drug-likeness (QED) is 0.879. The fraction of sp³-hybridized carbons (Fsp3) is 0.444. The van der Waals surface area contributed by atoms with Crippen LogP contribution in [0.4, 0.5) is 0 Å². The number of carbonyl (C=O) groups excluding carboxylic acids is 1. The molecule has 6 heteroatoms. The van der Waals surface area contributed by atoms with E-state index in [1.807, 2.05) is 19.2 Å². The number of hydrogen-bond acceptors (Lipinski definition) is 5. The molecule has 2 aromatic heterocycles. The molecule has 1 unspecified atom stereocenters. The van der Waals surface area contributed by atoms with E-state index in [0.29, 0.717) is 12.1 Å². The molecular formula is C18H23N5O. The van der Waals surface area contributed by atoms with Gasteiger partial charge in [0.05, 0.1) is 11.6 Å². The Morgan fingerprint density at radius 2 is 2.00 bits per heavy atom. The van der Waals surface area contributed by atoms with Crippen LogP contribution in [0, 0.1) is 0 Å². The van der Waals surface area contributed by atoms with E-state index >= 15 is 0 Å². The predicted molar refractivity (Wildman–Crippen MR) is 91.5 cm³/mol.